The third-order valence-electron chi connectivity index (χ3n) is 5.77. The van der Waals surface area contributed by atoms with Crippen LogP contribution in [0.25, 0.3) is 5.70 Å². The van der Waals surface area contributed by atoms with E-state index >= 15 is 0 Å². The summed E-state index contributed by atoms with van der Waals surface area (Å²) in [5.74, 6) is 1.44. The van der Waals surface area contributed by atoms with E-state index in [0.29, 0.717) is 12.4 Å². The lowest BCUT2D eigenvalue weighted by Crippen LogP contribution is -2.33. The predicted molar refractivity (Wildman–Crippen MR) is 127 cm³/mol. The first-order chi connectivity index (χ1) is 15.0. The van der Waals surface area contributed by atoms with Crippen molar-refractivity contribution in [2.45, 2.75) is 33.1 Å². The largest absolute Gasteiger partial charge is 0.493 e. The first-order valence-electron chi connectivity index (χ1n) is 11.0. The molecule has 1 fully saturated rings. The summed E-state index contributed by atoms with van der Waals surface area (Å²) in [6.07, 6.45) is 5.56. The summed E-state index contributed by atoms with van der Waals surface area (Å²) >= 11 is 0. The number of anilines is 1. The summed E-state index contributed by atoms with van der Waals surface area (Å²) in [5, 5.41) is 0. The zero-order valence-corrected chi connectivity index (χ0v) is 19.2. The van der Waals surface area contributed by atoms with Gasteiger partial charge in [0.1, 0.15) is 6.61 Å². The number of rotatable bonds is 9. The zero-order valence-electron chi connectivity index (χ0n) is 19.2. The Morgan fingerprint density at radius 1 is 1.10 bits per heavy atom. The quantitative estimate of drug-likeness (QED) is 0.536. The van der Waals surface area contributed by atoms with Crippen LogP contribution in [-0.2, 0) is 4.79 Å². The number of carbonyl (C=O) groups is 1. The van der Waals surface area contributed by atoms with Gasteiger partial charge in [0.2, 0.25) is 0 Å². The summed E-state index contributed by atoms with van der Waals surface area (Å²) in [5.41, 5.74) is 3.94. The fraction of sp³-hybridized carbons (Fsp3) is 0.423. The van der Waals surface area contributed by atoms with Crippen LogP contribution >= 0.6 is 0 Å². The molecule has 0 saturated carbocycles. The Balaban J connectivity index is 1.82. The average Bonchev–Trinajstić information content (AvgIpc) is 2.78. The summed E-state index contributed by atoms with van der Waals surface area (Å²) < 4.78 is 11.7. The van der Waals surface area contributed by atoms with Crippen LogP contribution in [0.4, 0.5) is 5.69 Å². The van der Waals surface area contributed by atoms with Gasteiger partial charge < -0.3 is 14.4 Å². The molecule has 0 aromatic heterocycles. The molecule has 0 unspecified atom stereocenters. The van der Waals surface area contributed by atoms with Crippen molar-refractivity contribution in [1.82, 2.24) is 4.90 Å². The molecule has 1 aliphatic heterocycles. The van der Waals surface area contributed by atoms with Crippen molar-refractivity contribution < 1.29 is 14.3 Å². The molecule has 0 bridgehead atoms. The van der Waals surface area contributed by atoms with Crippen LogP contribution in [-0.4, -0.2) is 51.1 Å². The lowest BCUT2D eigenvalue weighted by atomic mass is 10.0. The van der Waals surface area contributed by atoms with Crippen molar-refractivity contribution in [2.24, 2.45) is 0 Å². The van der Waals surface area contributed by atoms with E-state index in [0.717, 1.165) is 47.9 Å². The normalized spacial score (nSPS) is 14.9. The molecule has 0 amide bonds. The van der Waals surface area contributed by atoms with Gasteiger partial charge in [-0.3, -0.25) is 9.69 Å². The number of hydrogen-bond acceptors (Lipinski definition) is 5. The SMILES string of the molecule is COc1ccc(N(C)/C(=C/C(C)=O)c2ccccc2C)cc1OCCN1CCCCC1. The molecule has 0 aliphatic carbocycles. The summed E-state index contributed by atoms with van der Waals surface area (Å²) in [4.78, 5) is 16.5. The summed E-state index contributed by atoms with van der Waals surface area (Å²) in [6.45, 7) is 7.48. The van der Waals surface area contributed by atoms with E-state index in [-0.39, 0.29) is 5.78 Å². The first kappa shape index (κ1) is 22.9. The maximum Gasteiger partial charge on any atom is 0.163 e. The molecule has 0 N–H and O–H groups in total. The number of nitrogens with zero attached hydrogens (tertiary/aromatic N) is 2. The average molecular weight is 423 g/mol. The van der Waals surface area contributed by atoms with Crippen LogP contribution in [0.5, 0.6) is 11.5 Å². The highest BCUT2D eigenvalue weighted by Gasteiger charge is 2.16. The maximum atomic E-state index is 12.0. The van der Waals surface area contributed by atoms with Crippen LogP contribution in [0.2, 0.25) is 0 Å². The van der Waals surface area contributed by atoms with E-state index in [1.54, 1.807) is 20.1 Å². The highest BCUT2D eigenvalue weighted by molar-refractivity contribution is 5.98. The lowest BCUT2D eigenvalue weighted by Gasteiger charge is -2.27. The molecular weight excluding hydrogens is 388 g/mol. The molecule has 3 rings (SSSR count). The Bertz CT molecular complexity index is 917. The monoisotopic (exact) mass is 422 g/mol. The topological polar surface area (TPSA) is 42.0 Å². The van der Waals surface area contributed by atoms with Gasteiger partial charge in [0.15, 0.2) is 17.3 Å². The highest BCUT2D eigenvalue weighted by atomic mass is 16.5. The van der Waals surface area contributed by atoms with E-state index in [2.05, 4.69) is 17.9 Å². The maximum absolute atomic E-state index is 12.0. The molecular formula is C26H34N2O3. The Morgan fingerprint density at radius 2 is 1.84 bits per heavy atom. The Hall–Kier alpha value is -2.79. The molecule has 0 atom stereocenters. The van der Waals surface area contributed by atoms with Crippen molar-refractivity contribution >= 4 is 17.2 Å². The van der Waals surface area contributed by atoms with Gasteiger partial charge in [-0.2, -0.15) is 0 Å². The fourth-order valence-electron chi connectivity index (χ4n) is 4.00. The Labute approximate surface area is 186 Å². The van der Waals surface area contributed by atoms with Crippen LogP contribution in [0.3, 0.4) is 0 Å². The number of methoxy groups -OCH3 is 1. The number of likely N-dealkylation sites (tertiary alicyclic amines) is 1. The molecule has 5 nitrogen and oxygen atoms in total. The van der Waals surface area contributed by atoms with Gasteiger partial charge in [-0.05, 0) is 57.5 Å². The van der Waals surface area contributed by atoms with Crippen LogP contribution < -0.4 is 14.4 Å². The fourth-order valence-corrected chi connectivity index (χ4v) is 4.00. The molecule has 1 aliphatic rings. The first-order valence-corrected chi connectivity index (χ1v) is 11.0. The second kappa shape index (κ2) is 11.0. The zero-order chi connectivity index (χ0) is 22.2. The number of piperidine rings is 1. The van der Waals surface area contributed by atoms with Crippen molar-refractivity contribution in [3.05, 3.63) is 59.7 Å². The van der Waals surface area contributed by atoms with Crippen molar-refractivity contribution in [2.75, 3.05) is 45.3 Å². The number of hydrogen-bond donors (Lipinski definition) is 0. The smallest absolute Gasteiger partial charge is 0.163 e. The highest BCUT2D eigenvalue weighted by Crippen LogP contribution is 2.35. The second-order valence-electron chi connectivity index (χ2n) is 8.10. The molecule has 5 heteroatoms. The van der Waals surface area contributed by atoms with E-state index in [1.807, 2.05) is 48.3 Å². The van der Waals surface area contributed by atoms with E-state index < -0.39 is 0 Å². The third-order valence-corrected chi connectivity index (χ3v) is 5.77. The Kier molecular flexibility index (Phi) is 8.13. The molecule has 0 spiro atoms. The molecule has 31 heavy (non-hydrogen) atoms. The predicted octanol–water partition coefficient (Wildman–Crippen LogP) is 4.93. The van der Waals surface area contributed by atoms with Gasteiger partial charge >= 0.3 is 0 Å². The minimum atomic E-state index is 0.0108. The van der Waals surface area contributed by atoms with Gasteiger partial charge in [-0.15, -0.1) is 0 Å². The van der Waals surface area contributed by atoms with E-state index in [9.17, 15) is 4.79 Å². The van der Waals surface area contributed by atoms with Crippen molar-refractivity contribution in [1.29, 1.82) is 0 Å². The van der Waals surface area contributed by atoms with Gasteiger partial charge in [-0.1, -0.05) is 30.7 Å². The second-order valence-corrected chi connectivity index (χ2v) is 8.10. The van der Waals surface area contributed by atoms with Crippen molar-refractivity contribution in [3.63, 3.8) is 0 Å². The minimum absolute atomic E-state index is 0.0108. The van der Waals surface area contributed by atoms with Crippen molar-refractivity contribution in [3.8, 4) is 11.5 Å². The van der Waals surface area contributed by atoms with Gasteiger partial charge in [0, 0.05) is 37.0 Å². The van der Waals surface area contributed by atoms with Crippen LogP contribution in [0.1, 0.15) is 37.3 Å². The van der Waals surface area contributed by atoms with Crippen LogP contribution in [0, 0.1) is 6.92 Å². The third kappa shape index (κ3) is 6.11. The number of allylic oxidation sites excluding steroid dienone is 1. The standard InChI is InChI=1S/C26H34N2O3/c1-20-10-6-7-11-23(20)24(18-21(2)29)27(3)22-12-13-25(30-4)26(19-22)31-17-16-28-14-8-5-9-15-28/h6-7,10-13,18-19H,5,8-9,14-17H2,1-4H3/b24-18+. The summed E-state index contributed by atoms with van der Waals surface area (Å²) in [6, 6.07) is 14.0. The number of carbonyl (C=O) groups excluding carboxylic acids is 1. The van der Waals surface area contributed by atoms with E-state index in [4.69, 9.17) is 9.47 Å². The molecule has 2 aromatic carbocycles. The van der Waals surface area contributed by atoms with E-state index in [1.165, 1.54) is 19.3 Å². The molecule has 1 heterocycles. The number of ether oxygens (including phenoxy) is 2. The Morgan fingerprint density at radius 3 is 2.52 bits per heavy atom. The number of ketones is 1. The van der Waals surface area contributed by atoms with Crippen LogP contribution in [0.15, 0.2) is 48.5 Å². The minimum Gasteiger partial charge on any atom is -0.493 e. The summed E-state index contributed by atoms with van der Waals surface area (Å²) in [7, 11) is 3.63. The molecule has 1 saturated heterocycles. The van der Waals surface area contributed by atoms with Gasteiger partial charge in [0.25, 0.3) is 0 Å². The molecule has 2 aromatic rings. The molecule has 166 valence electrons. The van der Waals surface area contributed by atoms with Gasteiger partial charge in [-0.25, -0.2) is 0 Å². The molecule has 0 radical (unpaired) electrons. The number of aryl methyl sites for hydroxylation is 1. The lowest BCUT2D eigenvalue weighted by molar-refractivity contribution is -0.112. The number of benzene rings is 2. The van der Waals surface area contributed by atoms with Gasteiger partial charge in [0.05, 0.1) is 12.8 Å².